The van der Waals surface area contributed by atoms with Crippen molar-refractivity contribution in [3.63, 3.8) is 0 Å². The summed E-state index contributed by atoms with van der Waals surface area (Å²) in [7, 11) is 1.54. The molecule has 0 radical (unpaired) electrons. The molecule has 3 aromatic carbocycles. The topological polar surface area (TPSA) is 108 Å². The Balaban J connectivity index is 1.52. The van der Waals surface area contributed by atoms with Crippen LogP contribution in [-0.4, -0.2) is 63.6 Å². The number of aliphatic hydroxyl groups is 1. The predicted molar refractivity (Wildman–Crippen MR) is 165 cm³/mol. The molecule has 3 unspecified atom stereocenters. The van der Waals surface area contributed by atoms with Crippen molar-refractivity contribution in [2.24, 2.45) is 0 Å². The van der Waals surface area contributed by atoms with E-state index in [-0.39, 0.29) is 30.5 Å². The van der Waals surface area contributed by atoms with Crippen molar-refractivity contribution in [3.8, 4) is 5.75 Å². The summed E-state index contributed by atoms with van der Waals surface area (Å²) in [5.41, 5.74) is 3.61. The number of rotatable bonds is 11. The maximum Gasteiger partial charge on any atom is 0.254 e. The second kappa shape index (κ2) is 13.9. The molecule has 4 rings (SSSR count). The Morgan fingerprint density at radius 1 is 1.00 bits per heavy atom. The summed E-state index contributed by atoms with van der Waals surface area (Å²) in [5.74, 6) is -0.398. The number of carbonyl (C=O) groups is 3. The third kappa shape index (κ3) is 7.52. The summed E-state index contributed by atoms with van der Waals surface area (Å²) in [4.78, 5) is 42.0. The average molecular weight is 590 g/mol. The molecule has 1 saturated heterocycles. The van der Waals surface area contributed by atoms with Crippen LogP contribution in [0, 0.1) is 6.92 Å². The van der Waals surface area contributed by atoms with Crippen molar-refractivity contribution in [1.29, 1.82) is 0 Å². The van der Waals surface area contributed by atoms with Gasteiger partial charge in [-0.25, -0.2) is 0 Å². The molecule has 1 aliphatic rings. The molecule has 0 aromatic heterocycles. The number of benzene rings is 3. The lowest BCUT2D eigenvalue weighted by Crippen LogP contribution is -2.58. The van der Waals surface area contributed by atoms with Crippen LogP contribution in [0.1, 0.15) is 36.1 Å². The van der Waals surface area contributed by atoms with Gasteiger partial charge in [-0.2, -0.15) is 0 Å². The van der Waals surface area contributed by atoms with E-state index in [1.165, 1.54) is 16.7 Å². The number of aryl methyl sites for hydroxylation is 1. The number of hydrogen-bond donors (Lipinski definition) is 3. The van der Waals surface area contributed by atoms with E-state index in [4.69, 9.17) is 4.74 Å². The van der Waals surface area contributed by atoms with Crippen LogP contribution in [0.4, 0.5) is 0 Å². The monoisotopic (exact) mass is 589 g/mol. The number of nitrogens with one attached hydrogen (secondary N) is 2. The van der Waals surface area contributed by atoms with Crippen LogP contribution in [0.5, 0.6) is 5.75 Å². The maximum atomic E-state index is 13.9. The molecule has 3 amide bonds. The largest absolute Gasteiger partial charge is 0.496 e. The van der Waals surface area contributed by atoms with Gasteiger partial charge in [0, 0.05) is 16.9 Å². The van der Waals surface area contributed by atoms with E-state index in [0.717, 1.165) is 16.7 Å². The van der Waals surface area contributed by atoms with Crippen LogP contribution in [0.25, 0.3) is 0 Å². The fourth-order valence-electron chi connectivity index (χ4n) is 5.23. The highest BCUT2D eigenvalue weighted by Crippen LogP contribution is 2.40. The first-order valence-electron chi connectivity index (χ1n) is 14.0. The molecule has 3 atom stereocenters. The third-order valence-electron chi connectivity index (χ3n) is 7.61. The minimum Gasteiger partial charge on any atom is -0.496 e. The average Bonchev–Trinajstić information content (AvgIpc) is 3.31. The van der Waals surface area contributed by atoms with Crippen LogP contribution >= 0.6 is 11.8 Å². The molecule has 1 heterocycles. The van der Waals surface area contributed by atoms with Gasteiger partial charge in [0.25, 0.3) is 5.91 Å². The van der Waals surface area contributed by atoms with E-state index in [1.807, 2.05) is 87.5 Å². The first-order chi connectivity index (χ1) is 20.1. The summed E-state index contributed by atoms with van der Waals surface area (Å²) in [6.45, 7) is 6.17. The minimum absolute atomic E-state index is 0.0206. The second-order valence-corrected chi connectivity index (χ2v) is 12.6. The van der Waals surface area contributed by atoms with Gasteiger partial charge in [0.15, 0.2) is 6.10 Å². The van der Waals surface area contributed by atoms with Gasteiger partial charge in [-0.05, 0) is 49.9 Å². The number of methoxy groups -OCH3 is 1. The van der Waals surface area contributed by atoms with E-state index >= 15 is 0 Å². The Bertz CT molecular complexity index is 1400. The first-order valence-corrected chi connectivity index (χ1v) is 15.0. The molecule has 8 nitrogen and oxygen atoms in total. The highest BCUT2D eigenvalue weighted by molar-refractivity contribution is 8.00. The summed E-state index contributed by atoms with van der Waals surface area (Å²) >= 11 is 1.48. The van der Waals surface area contributed by atoms with Gasteiger partial charge in [-0.3, -0.25) is 14.4 Å². The summed E-state index contributed by atoms with van der Waals surface area (Å²) in [6, 6.07) is 22.7. The fraction of sp³-hybridized carbons (Fsp3) is 0.364. The summed E-state index contributed by atoms with van der Waals surface area (Å²) in [5, 5.41) is 17.3. The lowest BCUT2D eigenvalue weighted by Gasteiger charge is -2.33. The van der Waals surface area contributed by atoms with E-state index in [1.54, 1.807) is 19.2 Å². The van der Waals surface area contributed by atoms with Crippen molar-refractivity contribution in [2.45, 2.75) is 63.1 Å². The number of thioether (sulfide) groups is 1. The zero-order valence-corrected chi connectivity index (χ0v) is 25.3. The molecule has 0 bridgehead atoms. The van der Waals surface area contributed by atoms with Crippen LogP contribution in [0.15, 0.2) is 78.9 Å². The van der Waals surface area contributed by atoms with E-state index < -0.39 is 28.8 Å². The highest BCUT2D eigenvalue weighted by atomic mass is 32.2. The molecule has 222 valence electrons. The van der Waals surface area contributed by atoms with Crippen molar-refractivity contribution in [2.75, 3.05) is 13.0 Å². The molecular weight excluding hydrogens is 550 g/mol. The lowest BCUT2D eigenvalue weighted by atomic mass is 9.96. The molecule has 0 saturated carbocycles. The Morgan fingerprint density at radius 3 is 2.33 bits per heavy atom. The van der Waals surface area contributed by atoms with E-state index in [9.17, 15) is 19.5 Å². The summed E-state index contributed by atoms with van der Waals surface area (Å²) < 4.78 is 4.80. The number of hydrogen-bond acceptors (Lipinski definition) is 6. The molecule has 42 heavy (non-hydrogen) atoms. The molecule has 1 aliphatic heterocycles. The normalized spacial score (nSPS) is 17.3. The molecule has 3 aromatic rings. The Hall–Kier alpha value is -3.82. The number of para-hydroxylation sites is 1. The second-order valence-electron chi connectivity index (χ2n) is 11.0. The van der Waals surface area contributed by atoms with Crippen LogP contribution < -0.4 is 15.4 Å². The number of amides is 3. The highest BCUT2D eigenvalue weighted by Gasteiger charge is 2.49. The number of carbonyl (C=O) groups excluding carboxylic acids is 3. The van der Waals surface area contributed by atoms with Gasteiger partial charge in [-0.1, -0.05) is 72.8 Å². The van der Waals surface area contributed by atoms with Crippen molar-refractivity contribution in [1.82, 2.24) is 15.5 Å². The zero-order valence-electron chi connectivity index (χ0n) is 24.5. The number of aliphatic hydroxyl groups excluding tert-OH is 1. The summed E-state index contributed by atoms with van der Waals surface area (Å²) in [6.07, 6.45) is -1.31. The molecule has 1 fully saturated rings. The maximum absolute atomic E-state index is 13.9. The Kier molecular flexibility index (Phi) is 10.3. The molecule has 0 aliphatic carbocycles. The van der Waals surface area contributed by atoms with Crippen LogP contribution in [-0.2, 0) is 33.8 Å². The van der Waals surface area contributed by atoms with E-state index in [2.05, 4.69) is 10.6 Å². The van der Waals surface area contributed by atoms with Gasteiger partial charge < -0.3 is 25.4 Å². The fourth-order valence-corrected chi connectivity index (χ4v) is 6.37. The van der Waals surface area contributed by atoms with Gasteiger partial charge in [0.05, 0.1) is 25.4 Å². The Morgan fingerprint density at radius 2 is 1.64 bits per heavy atom. The third-order valence-corrected chi connectivity index (χ3v) is 8.99. The standard InChI is InChI=1S/C33H39N3O5S/c1-22-12-8-9-16-25(22)20-34-31(39)30-33(2,3)42-21-36(30)32(40)29(38)26(18-23-13-6-5-7-14-23)35-28(37)19-24-15-10-11-17-27(24)41-4/h5-17,26,29-30,38H,18-21H2,1-4H3,(H,34,39)(H,35,37). The molecule has 9 heteroatoms. The van der Waals surface area contributed by atoms with Crippen molar-refractivity contribution in [3.05, 3.63) is 101 Å². The minimum atomic E-state index is -1.56. The van der Waals surface area contributed by atoms with Crippen molar-refractivity contribution >= 4 is 29.5 Å². The number of ether oxygens (including phenoxy) is 1. The number of nitrogens with zero attached hydrogens (tertiary/aromatic N) is 1. The van der Waals surface area contributed by atoms with Gasteiger partial charge in [0.1, 0.15) is 11.8 Å². The molecule has 3 N–H and O–H groups in total. The van der Waals surface area contributed by atoms with Gasteiger partial charge in [0.2, 0.25) is 11.8 Å². The van der Waals surface area contributed by atoms with Crippen LogP contribution in [0.2, 0.25) is 0 Å². The Labute approximate surface area is 251 Å². The predicted octanol–water partition coefficient (Wildman–Crippen LogP) is 3.63. The quantitative estimate of drug-likeness (QED) is 0.315. The SMILES string of the molecule is COc1ccccc1CC(=O)NC(Cc1ccccc1)C(O)C(=O)N1CSC(C)(C)C1C(=O)NCc1ccccc1C. The lowest BCUT2D eigenvalue weighted by molar-refractivity contribution is -0.147. The molecular formula is C33H39N3O5S. The zero-order chi connectivity index (χ0) is 30.3. The first kappa shape index (κ1) is 31.1. The van der Waals surface area contributed by atoms with Gasteiger partial charge >= 0.3 is 0 Å². The van der Waals surface area contributed by atoms with Crippen LogP contribution in [0.3, 0.4) is 0 Å². The molecule has 0 spiro atoms. The van der Waals surface area contributed by atoms with E-state index in [0.29, 0.717) is 17.9 Å². The van der Waals surface area contributed by atoms with Gasteiger partial charge in [-0.15, -0.1) is 11.8 Å². The van der Waals surface area contributed by atoms with Crippen molar-refractivity contribution < 1.29 is 24.2 Å². The smallest absolute Gasteiger partial charge is 0.254 e.